The topological polar surface area (TPSA) is 94.8 Å². The minimum Gasteiger partial charge on any atom is -0.395 e. The van der Waals surface area contributed by atoms with Crippen molar-refractivity contribution < 1.29 is 9.90 Å². The van der Waals surface area contributed by atoms with E-state index in [-0.39, 0.29) is 24.5 Å². The molecule has 1 atom stereocenters. The Kier molecular flexibility index (Phi) is 7.85. The molecule has 1 saturated heterocycles. The summed E-state index contributed by atoms with van der Waals surface area (Å²) in [4.78, 5) is 40.8. The van der Waals surface area contributed by atoms with E-state index >= 15 is 0 Å². The summed E-state index contributed by atoms with van der Waals surface area (Å²) in [5.74, 6) is 0.996. The van der Waals surface area contributed by atoms with Gasteiger partial charge in [-0.3, -0.25) is 4.79 Å². The molecule has 37 heavy (non-hydrogen) atoms. The van der Waals surface area contributed by atoms with Gasteiger partial charge >= 0.3 is 5.69 Å². The molecule has 1 aliphatic heterocycles. The number of hydrogen-bond donors (Lipinski definition) is 1. The molecule has 1 amide bonds. The van der Waals surface area contributed by atoms with E-state index in [1.165, 1.54) is 6.08 Å². The van der Waals surface area contributed by atoms with Gasteiger partial charge in [0.05, 0.1) is 22.7 Å². The van der Waals surface area contributed by atoms with Crippen molar-refractivity contribution in [1.82, 2.24) is 19.4 Å². The molecule has 3 heterocycles. The lowest BCUT2D eigenvalue weighted by Gasteiger charge is -2.40. The molecule has 0 spiro atoms. The van der Waals surface area contributed by atoms with E-state index in [1.807, 2.05) is 36.1 Å². The molecule has 2 aromatic heterocycles. The molecular formula is C27H33ClN6O3. The number of pyridine rings is 1. The van der Waals surface area contributed by atoms with Crippen LogP contribution in [0.2, 0.25) is 5.02 Å². The first-order chi connectivity index (χ1) is 17.7. The van der Waals surface area contributed by atoms with Crippen molar-refractivity contribution in [3.8, 4) is 5.69 Å². The highest BCUT2D eigenvalue weighted by atomic mass is 35.5. The minimum absolute atomic E-state index is 0.0671. The van der Waals surface area contributed by atoms with Crippen LogP contribution in [0.4, 0.5) is 11.6 Å². The third kappa shape index (κ3) is 5.06. The lowest BCUT2D eigenvalue weighted by molar-refractivity contribution is -0.126. The standard InChI is InChI=1S/C27H33ClN6O3/c1-6-23(36)32-11-12-33(18(4)16-32)24-20-15-21(28)26(31(5)13-14-35)29-25(20)34(27(37)30-24)22-10-8-7-9-19(22)17(2)3/h6-10,15,17-18,35H,1,11-14,16H2,2-5H3/t18-/m0/s1. The zero-order chi connectivity index (χ0) is 26.9. The average Bonchev–Trinajstić information content (AvgIpc) is 2.87. The molecule has 9 nitrogen and oxygen atoms in total. The van der Waals surface area contributed by atoms with Gasteiger partial charge in [-0.2, -0.15) is 4.98 Å². The fourth-order valence-electron chi connectivity index (χ4n) is 4.84. The maximum absolute atomic E-state index is 13.7. The number of fused-ring (bicyclic) bond motifs is 1. The van der Waals surface area contributed by atoms with Crippen molar-refractivity contribution >= 4 is 40.2 Å². The van der Waals surface area contributed by atoms with Crippen LogP contribution in [0.1, 0.15) is 32.3 Å². The Morgan fingerprint density at radius 2 is 2.03 bits per heavy atom. The van der Waals surface area contributed by atoms with Gasteiger partial charge in [0.2, 0.25) is 5.91 Å². The molecule has 1 aliphatic rings. The summed E-state index contributed by atoms with van der Waals surface area (Å²) in [5.41, 5.74) is 1.70. The molecule has 3 aromatic rings. The lowest BCUT2D eigenvalue weighted by atomic mass is 10.0. The molecule has 0 bridgehead atoms. The number of rotatable bonds is 7. The highest BCUT2D eigenvalue weighted by molar-refractivity contribution is 6.33. The Bertz CT molecular complexity index is 1390. The number of amides is 1. The first kappa shape index (κ1) is 26.6. The van der Waals surface area contributed by atoms with Crippen LogP contribution in [0.25, 0.3) is 16.7 Å². The van der Waals surface area contributed by atoms with Gasteiger partial charge in [0.25, 0.3) is 0 Å². The molecule has 0 unspecified atom stereocenters. The number of hydrogen-bond acceptors (Lipinski definition) is 7. The van der Waals surface area contributed by atoms with Crippen LogP contribution in [-0.4, -0.2) is 76.3 Å². The Hall–Kier alpha value is -3.43. The highest BCUT2D eigenvalue weighted by Crippen LogP contribution is 2.34. The summed E-state index contributed by atoms with van der Waals surface area (Å²) in [5, 5.41) is 10.5. The maximum Gasteiger partial charge on any atom is 0.355 e. The van der Waals surface area contributed by atoms with Crippen LogP contribution in [0.5, 0.6) is 0 Å². The van der Waals surface area contributed by atoms with Crippen LogP contribution in [0, 0.1) is 0 Å². The number of aliphatic hydroxyl groups is 1. The van der Waals surface area contributed by atoms with Crippen LogP contribution in [0.3, 0.4) is 0 Å². The number of nitrogens with zero attached hydrogens (tertiary/aromatic N) is 6. The number of carbonyl (C=O) groups excluding carboxylic acids is 1. The van der Waals surface area contributed by atoms with Crippen molar-refractivity contribution in [2.75, 3.05) is 49.6 Å². The first-order valence-electron chi connectivity index (χ1n) is 12.4. The van der Waals surface area contributed by atoms with Gasteiger partial charge in [0, 0.05) is 39.3 Å². The summed E-state index contributed by atoms with van der Waals surface area (Å²) >= 11 is 6.70. The predicted octanol–water partition coefficient (Wildman–Crippen LogP) is 3.21. The largest absolute Gasteiger partial charge is 0.395 e. The average molecular weight is 525 g/mol. The summed E-state index contributed by atoms with van der Waals surface area (Å²) in [6, 6.07) is 9.43. The van der Waals surface area contributed by atoms with Crippen molar-refractivity contribution in [2.24, 2.45) is 0 Å². The zero-order valence-corrected chi connectivity index (χ0v) is 22.4. The Morgan fingerprint density at radius 3 is 2.68 bits per heavy atom. The van der Waals surface area contributed by atoms with Crippen molar-refractivity contribution in [3.63, 3.8) is 0 Å². The summed E-state index contributed by atoms with van der Waals surface area (Å²) < 4.78 is 1.54. The molecule has 1 fully saturated rings. The number of benzene rings is 1. The Labute approximate surface area is 221 Å². The number of anilines is 2. The molecule has 10 heteroatoms. The fraction of sp³-hybridized carbons (Fsp3) is 0.407. The minimum atomic E-state index is -0.446. The van der Waals surface area contributed by atoms with E-state index in [1.54, 1.807) is 27.5 Å². The molecule has 4 rings (SSSR count). The SMILES string of the molecule is C=CC(=O)N1CCN(c2nc(=O)n(-c3ccccc3C(C)C)c3nc(N(C)CCO)c(Cl)cc23)[C@@H](C)C1. The molecule has 0 saturated carbocycles. The van der Waals surface area contributed by atoms with E-state index in [0.717, 1.165) is 5.56 Å². The predicted molar refractivity (Wildman–Crippen MR) is 148 cm³/mol. The van der Waals surface area contributed by atoms with Crippen molar-refractivity contribution in [2.45, 2.75) is 32.7 Å². The third-order valence-corrected chi connectivity index (χ3v) is 7.04. The van der Waals surface area contributed by atoms with Gasteiger partial charge < -0.3 is 19.8 Å². The van der Waals surface area contributed by atoms with Crippen molar-refractivity contribution in [1.29, 1.82) is 0 Å². The molecule has 1 aromatic carbocycles. The van der Waals surface area contributed by atoms with Crippen LogP contribution >= 0.6 is 11.6 Å². The van der Waals surface area contributed by atoms with Crippen molar-refractivity contribution in [3.05, 3.63) is 64.1 Å². The van der Waals surface area contributed by atoms with E-state index < -0.39 is 5.69 Å². The van der Waals surface area contributed by atoms with Gasteiger partial charge in [-0.1, -0.05) is 50.2 Å². The number of halogens is 1. The Morgan fingerprint density at radius 1 is 1.30 bits per heavy atom. The maximum atomic E-state index is 13.7. The normalized spacial score (nSPS) is 15.9. The van der Waals surface area contributed by atoms with E-state index in [9.17, 15) is 14.7 Å². The molecule has 196 valence electrons. The zero-order valence-electron chi connectivity index (χ0n) is 21.7. The monoisotopic (exact) mass is 524 g/mol. The number of piperazine rings is 1. The van der Waals surface area contributed by atoms with Gasteiger partial charge in [-0.15, -0.1) is 0 Å². The second-order valence-electron chi connectivity index (χ2n) is 9.61. The summed E-state index contributed by atoms with van der Waals surface area (Å²) in [6.45, 7) is 11.5. The van der Waals surface area contributed by atoms with Gasteiger partial charge in [0.1, 0.15) is 11.6 Å². The quantitative estimate of drug-likeness (QED) is 0.474. The van der Waals surface area contributed by atoms with Gasteiger partial charge in [-0.05, 0) is 36.6 Å². The second-order valence-corrected chi connectivity index (χ2v) is 10.0. The Balaban J connectivity index is 1.97. The number of aromatic nitrogens is 3. The van der Waals surface area contributed by atoms with Gasteiger partial charge in [-0.25, -0.2) is 14.3 Å². The molecule has 0 aliphatic carbocycles. The lowest BCUT2D eigenvalue weighted by Crippen LogP contribution is -2.54. The molecular weight excluding hydrogens is 492 g/mol. The summed E-state index contributed by atoms with van der Waals surface area (Å²) in [7, 11) is 1.79. The molecule has 0 radical (unpaired) electrons. The second kappa shape index (κ2) is 10.9. The van der Waals surface area contributed by atoms with Crippen LogP contribution in [-0.2, 0) is 4.79 Å². The van der Waals surface area contributed by atoms with E-state index in [0.29, 0.717) is 59.6 Å². The number of aliphatic hydroxyl groups excluding tert-OH is 1. The van der Waals surface area contributed by atoms with Crippen LogP contribution < -0.4 is 15.5 Å². The number of likely N-dealkylation sites (N-methyl/N-ethyl adjacent to an activating group) is 1. The third-order valence-electron chi connectivity index (χ3n) is 6.77. The number of para-hydroxylation sites is 1. The molecule has 1 N–H and O–H groups in total. The first-order valence-corrected chi connectivity index (χ1v) is 12.8. The van der Waals surface area contributed by atoms with E-state index in [4.69, 9.17) is 16.6 Å². The van der Waals surface area contributed by atoms with Crippen LogP contribution in [0.15, 0.2) is 47.8 Å². The fourth-order valence-corrected chi connectivity index (χ4v) is 5.13. The summed E-state index contributed by atoms with van der Waals surface area (Å²) in [6.07, 6.45) is 1.32. The van der Waals surface area contributed by atoms with E-state index in [2.05, 4.69) is 25.4 Å². The smallest absolute Gasteiger partial charge is 0.355 e. The number of carbonyl (C=O) groups is 1. The van der Waals surface area contributed by atoms with Gasteiger partial charge in [0.15, 0.2) is 5.65 Å². The highest BCUT2D eigenvalue weighted by Gasteiger charge is 2.30.